The van der Waals surface area contributed by atoms with Gasteiger partial charge < -0.3 is 25.5 Å². The number of aliphatic hydroxyl groups excluding tert-OH is 1. The largest absolute Gasteiger partial charge is 0.507 e. The average molecular weight is 384 g/mol. The fourth-order valence-electron chi connectivity index (χ4n) is 4.06. The maximum Gasteiger partial charge on any atom is 0.202 e. The van der Waals surface area contributed by atoms with Gasteiger partial charge in [-0.1, -0.05) is 12.1 Å². The highest BCUT2D eigenvalue weighted by Gasteiger charge is 2.47. The molecule has 144 valence electrons. The fraction of sp³-hybridized carbons (Fsp3) is 0.250. The van der Waals surface area contributed by atoms with E-state index in [4.69, 9.17) is 0 Å². The van der Waals surface area contributed by atoms with Crippen LogP contribution in [0.15, 0.2) is 18.2 Å². The summed E-state index contributed by atoms with van der Waals surface area (Å²) in [5.41, 5.74) is -3.84. The van der Waals surface area contributed by atoms with Gasteiger partial charge in [0.1, 0.15) is 22.8 Å². The number of fused-ring (bicyclic) bond motifs is 3. The normalized spacial score (nSPS) is 23.0. The van der Waals surface area contributed by atoms with E-state index in [1.165, 1.54) is 18.2 Å². The second-order valence-electron chi connectivity index (χ2n) is 7.18. The molecule has 0 aromatic heterocycles. The number of carbonyl (C=O) groups is 3. The van der Waals surface area contributed by atoms with E-state index < -0.39 is 70.3 Å². The van der Waals surface area contributed by atoms with Gasteiger partial charge >= 0.3 is 0 Å². The number of phenols is 3. The van der Waals surface area contributed by atoms with E-state index in [-0.39, 0.29) is 22.3 Å². The van der Waals surface area contributed by atoms with Gasteiger partial charge in [-0.15, -0.1) is 0 Å². The van der Waals surface area contributed by atoms with Gasteiger partial charge in [0, 0.05) is 29.5 Å². The van der Waals surface area contributed by atoms with E-state index >= 15 is 0 Å². The van der Waals surface area contributed by atoms with Gasteiger partial charge in [0.05, 0.1) is 22.8 Å². The molecule has 0 radical (unpaired) electrons. The van der Waals surface area contributed by atoms with Gasteiger partial charge in [0.25, 0.3) is 0 Å². The minimum Gasteiger partial charge on any atom is -0.507 e. The quantitative estimate of drug-likeness (QED) is 0.388. The Kier molecular flexibility index (Phi) is 3.65. The van der Waals surface area contributed by atoms with E-state index in [1.807, 2.05) is 0 Å². The Labute approximate surface area is 158 Å². The molecule has 0 aliphatic heterocycles. The predicted octanol–water partition coefficient (Wildman–Crippen LogP) is 0.878. The van der Waals surface area contributed by atoms with Crippen LogP contribution in [0.25, 0.3) is 0 Å². The number of hydrogen-bond donors (Lipinski definition) is 5. The molecule has 0 saturated carbocycles. The van der Waals surface area contributed by atoms with Crippen molar-refractivity contribution in [2.75, 3.05) is 0 Å². The van der Waals surface area contributed by atoms with Crippen molar-refractivity contribution >= 4 is 17.3 Å². The molecule has 2 atom stereocenters. The number of aliphatic hydroxyl groups is 2. The van der Waals surface area contributed by atoms with Crippen LogP contribution < -0.4 is 0 Å². The van der Waals surface area contributed by atoms with Crippen LogP contribution in [0.4, 0.5) is 0 Å². The first-order valence-corrected chi connectivity index (χ1v) is 8.52. The van der Waals surface area contributed by atoms with Crippen LogP contribution in [0, 0.1) is 0 Å². The highest BCUT2D eigenvalue weighted by molar-refractivity contribution is 6.31. The molecular formula is C20H16O8. The van der Waals surface area contributed by atoms with Crippen molar-refractivity contribution in [3.8, 4) is 17.2 Å². The summed E-state index contributed by atoms with van der Waals surface area (Å²) < 4.78 is 0. The lowest BCUT2D eigenvalue weighted by molar-refractivity contribution is -0.139. The third-order valence-corrected chi connectivity index (χ3v) is 5.55. The zero-order valence-corrected chi connectivity index (χ0v) is 14.7. The maximum atomic E-state index is 12.9. The number of rotatable bonds is 1. The summed E-state index contributed by atoms with van der Waals surface area (Å²) in [5.74, 6) is -4.18. The lowest BCUT2D eigenvalue weighted by Crippen LogP contribution is -2.44. The van der Waals surface area contributed by atoms with E-state index in [2.05, 4.69) is 0 Å². The van der Waals surface area contributed by atoms with Crippen molar-refractivity contribution in [2.24, 2.45) is 0 Å². The smallest absolute Gasteiger partial charge is 0.202 e. The van der Waals surface area contributed by atoms with E-state index in [1.54, 1.807) is 0 Å². The van der Waals surface area contributed by atoms with Crippen molar-refractivity contribution in [3.63, 3.8) is 0 Å². The molecule has 0 saturated heterocycles. The standard InChI is InChI=1S/C20H16O8/c1-7(21)20(28)5-9-13(11(23)6-20)19(27)15-14(17(9)25)16(24)8-3-2-4-10(22)12(8)18(15)26/h2-4,11,22-23,25,27-28H,5-6H2,1H3/t11-,20+/m0/s1. The molecule has 0 spiro atoms. The zero-order chi connectivity index (χ0) is 20.5. The number of carbonyl (C=O) groups excluding carboxylic acids is 3. The topological polar surface area (TPSA) is 152 Å². The first kappa shape index (κ1) is 18.1. The summed E-state index contributed by atoms with van der Waals surface area (Å²) in [7, 11) is 0. The molecule has 2 aliphatic carbocycles. The SMILES string of the molecule is CC(=O)[C@@]1(O)Cc2c(O)c3c(c(O)c2[C@@H](O)C1)C(=O)c1c(O)cccc1C3=O. The van der Waals surface area contributed by atoms with Crippen LogP contribution in [0.3, 0.4) is 0 Å². The summed E-state index contributed by atoms with van der Waals surface area (Å²) in [6.45, 7) is 1.13. The van der Waals surface area contributed by atoms with Gasteiger partial charge in [-0.3, -0.25) is 14.4 Å². The number of hydrogen-bond acceptors (Lipinski definition) is 8. The van der Waals surface area contributed by atoms with E-state index in [0.29, 0.717) is 0 Å². The van der Waals surface area contributed by atoms with Gasteiger partial charge in [0.2, 0.25) is 5.78 Å². The molecule has 0 amide bonds. The van der Waals surface area contributed by atoms with Crippen LogP contribution in [0.5, 0.6) is 17.2 Å². The Bertz CT molecular complexity index is 1100. The molecule has 5 N–H and O–H groups in total. The third kappa shape index (κ3) is 2.15. The molecule has 2 aromatic carbocycles. The Morgan fingerprint density at radius 2 is 1.68 bits per heavy atom. The first-order valence-electron chi connectivity index (χ1n) is 8.52. The minimum absolute atomic E-state index is 0.148. The number of Topliss-reactive ketones (excluding diaryl/α,β-unsaturated/α-hetero) is 1. The highest BCUT2D eigenvalue weighted by Crippen LogP contribution is 2.50. The highest BCUT2D eigenvalue weighted by atomic mass is 16.3. The van der Waals surface area contributed by atoms with Crippen molar-refractivity contribution in [1.29, 1.82) is 0 Å². The van der Waals surface area contributed by atoms with E-state index in [0.717, 1.165) is 6.92 Å². The van der Waals surface area contributed by atoms with Crippen LogP contribution in [-0.2, 0) is 11.2 Å². The summed E-state index contributed by atoms with van der Waals surface area (Å²) in [5, 5.41) is 52.4. The second-order valence-corrected chi connectivity index (χ2v) is 7.18. The lowest BCUT2D eigenvalue weighted by Gasteiger charge is -2.36. The number of ketones is 3. The van der Waals surface area contributed by atoms with Gasteiger partial charge in [0.15, 0.2) is 11.6 Å². The molecule has 0 bridgehead atoms. The van der Waals surface area contributed by atoms with Crippen LogP contribution in [-0.4, -0.2) is 48.5 Å². The van der Waals surface area contributed by atoms with Gasteiger partial charge in [-0.25, -0.2) is 0 Å². The number of phenolic OH excluding ortho intramolecular Hbond substituents is 3. The molecule has 0 heterocycles. The van der Waals surface area contributed by atoms with Gasteiger partial charge in [-0.2, -0.15) is 0 Å². The van der Waals surface area contributed by atoms with Crippen molar-refractivity contribution < 1.29 is 39.9 Å². The van der Waals surface area contributed by atoms with Crippen LogP contribution >= 0.6 is 0 Å². The summed E-state index contributed by atoms with van der Waals surface area (Å²) >= 11 is 0. The molecule has 8 heteroatoms. The maximum absolute atomic E-state index is 12.9. The Morgan fingerprint density at radius 3 is 2.32 bits per heavy atom. The molecule has 0 unspecified atom stereocenters. The lowest BCUT2D eigenvalue weighted by atomic mass is 9.72. The number of aromatic hydroxyl groups is 3. The summed E-state index contributed by atoms with van der Waals surface area (Å²) in [6.07, 6.45) is -2.43. The molecule has 2 aromatic rings. The Hall–Kier alpha value is -3.23. The van der Waals surface area contributed by atoms with Crippen molar-refractivity contribution in [3.05, 3.63) is 51.6 Å². The molecule has 8 nitrogen and oxygen atoms in total. The Balaban J connectivity index is 2.05. The van der Waals surface area contributed by atoms with Crippen LogP contribution in [0.2, 0.25) is 0 Å². The van der Waals surface area contributed by atoms with E-state index in [9.17, 15) is 39.9 Å². The average Bonchev–Trinajstić information content (AvgIpc) is 2.61. The number of benzene rings is 2. The molecule has 0 fully saturated rings. The van der Waals surface area contributed by atoms with Crippen molar-refractivity contribution in [1.82, 2.24) is 0 Å². The van der Waals surface area contributed by atoms with Gasteiger partial charge in [-0.05, 0) is 13.0 Å². The monoisotopic (exact) mass is 384 g/mol. The molecule has 2 aliphatic rings. The summed E-state index contributed by atoms with van der Waals surface area (Å²) in [6, 6.07) is 3.87. The zero-order valence-electron chi connectivity index (χ0n) is 14.7. The molecule has 28 heavy (non-hydrogen) atoms. The van der Waals surface area contributed by atoms with Crippen molar-refractivity contribution in [2.45, 2.75) is 31.5 Å². The fourth-order valence-corrected chi connectivity index (χ4v) is 4.06. The minimum atomic E-state index is -1.98. The van der Waals surface area contributed by atoms with Crippen LogP contribution in [0.1, 0.15) is 62.4 Å². The first-order chi connectivity index (χ1) is 13.1. The third-order valence-electron chi connectivity index (χ3n) is 5.55. The Morgan fingerprint density at radius 1 is 1.04 bits per heavy atom. The second kappa shape index (κ2) is 5.63. The molecule has 4 rings (SSSR count). The predicted molar refractivity (Wildman–Crippen MR) is 93.7 cm³/mol. The molecular weight excluding hydrogens is 368 g/mol. The summed E-state index contributed by atoms with van der Waals surface area (Å²) in [4.78, 5) is 37.6.